The molecule has 0 saturated heterocycles. The van der Waals surface area contributed by atoms with Gasteiger partial charge in [-0.25, -0.2) is 13.4 Å². The lowest BCUT2D eigenvalue weighted by molar-refractivity contribution is 0.597. The standard InChI is InChI=1S/C9H15N3O2S/c1-2-15(13,14)7-6-11-8-4-3-5-12-9(8)10/h3-5,11H,2,6-7H2,1H3,(H2,10,12). The van der Waals surface area contributed by atoms with Gasteiger partial charge in [-0.05, 0) is 12.1 Å². The first-order valence-corrected chi connectivity index (χ1v) is 6.52. The van der Waals surface area contributed by atoms with Crippen LogP contribution >= 0.6 is 0 Å². The molecule has 0 aromatic carbocycles. The second-order valence-electron chi connectivity index (χ2n) is 3.10. The number of hydrogen-bond donors (Lipinski definition) is 2. The summed E-state index contributed by atoms with van der Waals surface area (Å²) in [6.45, 7) is 1.99. The molecule has 0 amide bonds. The third-order valence-electron chi connectivity index (χ3n) is 2.01. The van der Waals surface area contributed by atoms with Gasteiger partial charge in [0.2, 0.25) is 0 Å². The summed E-state index contributed by atoms with van der Waals surface area (Å²) in [5.41, 5.74) is 6.25. The third-order valence-corrected chi connectivity index (χ3v) is 3.71. The number of nitrogens with zero attached hydrogens (tertiary/aromatic N) is 1. The summed E-state index contributed by atoms with van der Waals surface area (Å²) in [4.78, 5) is 3.88. The Morgan fingerprint density at radius 2 is 2.27 bits per heavy atom. The first kappa shape index (κ1) is 11.8. The molecule has 0 aliphatic heterocycles. The van der Waals surface area contributed by atoms with E-state index in [2.05, 4.69) is 10.3 Å². The van der Waals surface area contributed by atoms with Crippen molar-refractivity contribution in [2.24, 2.45) is 0 Å². The molecule has 15 heavy (non-hydrogen) atoms. The van der Waals surface area contributed by atoms with E-state index in [1.807, 2.05) is 0 Å². The third kappa shape index (κ3) is 3.75. The van der Waals surface area contributed by atoms with Gasteiger partial charge in [0.1, 0.15) is 5.82 Å². The summed E-state index contributed by atoms with van der Waals surface area (Å²) < 4.78 is 22.4. The highest BCUT2D eigenvalue weighted by Crippen LogP contribution is 2.12. The van der Waals surface area contributed by atoms with E-state index in [1.165, 1.54) is 0 Å². The highest BCUT2D eigenvalue weighted by atomic mass is 32.2. The number of anilines is 2. The van der Waals surface area contributed by atoms with Gasteiger partial charge in [-0.2, -0.15) is 0 Å². The van der Waals surface area contributed by atoms with Crippen molar-refractivity contribution in [3.63, 3.8) is 0 Å². The highest BCUT2D eigenvalue weighted by Gasteiger charge is 2.06. The molecule has 84 valence electrons. The van der Waals surface area contributed by atoms with Gasteiger partial charge in [-0.15, -0.1) is 0 Å². The van der Waals surface area contributed by atoms with Crippen molar-refractivity contribution in [2.75, 3.05) is 29.1 Å². The van der Waals surface area contributed by atoms with Gasteiger partial charge in [-0.3, -0.25) is 0 Å². The average Bonchev–Trinajstić information content (AvgIpc) is 2.21. The Bertz CT molecular complexity index is 417. The van der Waals surface area contributed by atoms with Gasteiger partial charge in [0, 0.05) is 18.5 Å². The Balaban J connectivity index is 2.49. The zero-order valence-electron chi connectivity index (χ0n) is 8.60. The molecule has 1 heterocycles. The Labute approximate surface area is 89.6 Å². The van der Waals surface area contributed by atoms with Crippen LogP contribution in [0.2, 0.25) is 0 Å². The predicted octanol–water partition coefficient (Wildman–Crippen LogP) is 0.510. The van der Waals surface area contributed by atoms with Crippen LogP contribution in [0.25, 0.3) is 0 Å². The van der Waals surface area contributed by atoms with E-state index in [0.717, 1.165) is 0 Å². The van der Waals surface area contributed by atoms with E-state index in [-0.39, 0.29) is 11.5 Å². The number of nitrogens with two attached hydrogens (primary N) is 1. The number of nitrogens with one attached hydrogen (secondary N) is 1. The van der Waals surface area contributed by atoms with Crippen LogP contribution in [0.3, 0.4) is 0 Å². The molecule has 1 rings (SSSR count). The minimum atomic E-state index is -2.93. The Morgan fingerprint density at radius 3 is 2.87 bits per heavy atom. The largest absolute Gasteiger partial charge is 0.382 e. The van der Waals surface area contributed by atoms with E-state index < -0.39 is 9.84 Å². The number of pyridine rings is 1. The monoisotopic (exact) mass is 229 g/mol. The van der Waals surface area contributed by atoms with Crippen LogP contribution in [0.15, 0.2) is 18.3 Å². The van der Waals surface area contributed by atoms with Gasteiger partial charge in [0.05, 0.1) is 11.4 Å². The number of hydrogen-bond acceptors (Lipinski definition) is 5. The van der Waals surface area contributed by atoms with Crippen molar-refractivity contribution in [3.8, 4) is 0 Å². The minimum absolute atomic E-state index is 0.109. The van der Waals surface area contributed by atoms with Crippen LogP contribution in [-0.4, -0.2) is 31.5 Å². The van der Waals surface area contributed by atoms with Crippen molar-refractivity contribution in [3.05, 3.63) is 18.3 Å². The summed E-state index contributed by atoms with van der Waals surface area (Å²) in [6, 6.07) is 3.51. The van der Waals surface area contributed by atoms with Crippen molar-refractivity contribution in [1.82, 2.24) is 4.98 Å². The summed E-state index contributed by atoms with van der Waals surface area (Å²) in [5, 5.41) is 2.94. The molecule has 0 bridgehead atoms. The lowest BCUT2D eigenvalue weighted by atomic mass is 10.4. The lowest BCUT2D eigenvalue weighted by Crippen LogP contribution is -2.17. The fourth-order valence-electron chi connectivity index (χ4n) is 1.05. The molecular weight excluding hydrogens is 214 g/mol. The Kier molecular flexibility index (Phi) is 3.90. The maximum absolute atomic E-state index is 11.2. The summed E-state index contributed by atoms with van der Waals surface area (Å²) in [5.74, 6) is 0.654. The zero-order chi connectivity index (χ0) is 11.3. The fraction of sp³-hybridized carbons (Fsp3) is 0.444. The van der Waals surface area contributed by atoms with Gasteiger partial charge in [0.15, 0.2) is 9.84 Å². The molecule has 3 N–H and O–H groups in total. The Morgan fingerprint density at radius 1 is 1.53 bits per heavy atom. The number of rotatable bonds is 5. The van der Waals surface area contributed by atoms with Gasteiger partial charge in [0.25, 0.3) is 0 Å². The van der Waals surface area contributed by atoms with E-state index in [9.17, 15) is 8.42 Å². The molecule has 1 aromatic rings. The average molecular weight is 229 g/mol. The van der Waals surface area contributed by atoms with Crippen LogP contribution in [-0.2, 0) is 9.84 Å². The molecule has 0 unspecified atom stereocenters. The maximum Gasteiger partial charge on any atom is 0.151 e. The van der Waals surface area contributed by atoms with Crippen molar-refractivity contribution >= 4 is 21.3 Å². The molecule has 0 aliphatic rings. The molecular formula is C9H15N3O2S. The van der Waals surface area contributed by atoms with E-state index in [0.29, 0.717) is 18.1 Å². The molecule has 0 atom stereocenters. The maximum atomic E-state index is 11.2. The molecule has 0 spiro atoms. The summed E-state index contributed by atoms with van der Waals surface area (Å²) in [6.07, 6.45) is 1.59. The van der Waals surface area contributed by atoms with Crippen molar-refractivity contribution < 1.29 is 8.42 Å². The first-order valence-electron chi connectivity index (χ1n) is 4.70. The molecule has 0 fully saturated rings. The van der Waals surface area contributed by atoms with Crippen molar-refractivity contribution in [2.45, 2.75) is 6.92 Å². The number of nitrogen functional groups attached to an aromatic ring is 1. The summed E-state index contributed by atoms with van der Waals surface area (Å²) >= 11 is 0. The van der Waals surface area contributed by atoms with Crippen LogP contribution < -0.4 is 11.1 Å². The summed E-state index contributed by atoms with van der Waals surface area (Å²) in [7, 11) is -2.93. The van der Waals surface area contributed by atoms with Gasteiger partial charge >= 0.3 is 0 Å². The zero-order valence-corrected chi connectivity index (χ0v) is 9.42. The number of aromatic nitrogens is 1. The molecule has 0 saturated carbocycles. The van der Waals surface area contributed by atoms with Gasteiger partial charge in [-0.1, -0.05) is 6.92 Å². The SMILES string of the molecule is CCS(=O)(=O)CCNc1cccnc1N. The molecule has 5 nitrogen and oxygen atoms in total. The minimum Gasteiger partial charge on any atom is -0.382 e. The molecule has 6 heteroatoms. The van der Waals surface area contributed by atoms with E-state index in [1.54, 1.807) is 25.3 Å². The van der Waals surface area contributed by atoms with Crippen molar-refractivity contribution in [1.29, 1.82) is 0 Å². The van der Waals surface area contributed by atoms with Crippen LogP contribution in [0.4, 0.5) is 11.5 Å². The van der Waals surface area contributed by atoms with E-state index in [4.69, 9.17) is 5.73 Å². The smallest absolute Gasteiger partial charge is 0.151 e. The second-order valence-corrected chi connectivity index (χ2v) is 5.57. The lowest BCUT2D eigenvalue weighted by Gasteiger charge is -2.07. The highest BCUT2D eigenvalue weighted by molar-refractivity contribution is 7.91. The number of sulfone groups is 1. The predicted molar refractivity (Wildman–Crippen MR) is 61.5 cm³/mol. The van der Waals surface area contributed by atoms with Crippen LogP contribution in [0.5, 0.6) is 0 Å². The quantitative estimate of drug-likeness (QED) is 0.768. The van der Waals surface area contributed by atoms with Crippen LogP contribution in [0, 0.1) is 0 Å². The van der Waals surface area contributed by atoms with Crippen LogP contribution in [0.1, 0.15) is 6.92 Å². The van der Waals surface area contributed by atoms with Gasteiger partial charge < -0.3 is 11.1 Å². The molecule has 1 aromatic heterocycles. The topological polar surface area (TPSA) is 85.1 Å². The normalized spacial score (nSPS) is 11.3. The first-order chi connectivity index (χ1) is 7.05. The molecule has 0 radical (unpaired) electrons. The second kappa shape index (κ2) is 4.97. The fourth-order valence-corrected chi connectivity index (χ4v) is 1.75. The van der Waals surface area contributed by atoms with E-state index >= 15 is 0 Å². The Hall–Kier alpha value is -1.30. The molecule has 0 aliphatic carbocycles.